The lowest BCUT2D eigenvalue weighted by Gasteiger charge is -2.33. The first-order chi connectivity index (χ1) is 9.18. The summed E-state index contributed by atoms with van der Waals surface area (Å²) in [5, 5.41) is 3.53. The van der Waals surface area contributed by atoms with E-state index in [1.807, 2.05) is 0 Å². The maximum Gasteiger partial charge on any atom is 0.0351 e. The molecule has 3 rings (SSSR count). The van der Waals surface area contributed by atoms with Gasteiger partial charge in [0.05, 0.1) is 0 Å². The molecule has 0 radical (unpaired) electrons. The molecule has 1 N–H and O–H groups in total. The van der Waals surface area contributed by atoms with Crippen molar-refractivity contribution in [3.63, 3.8) is 0 Å². The van der Waals surface area contributed by atoms with Crippen molar-refractivity contribution in [2.75, 3.05) is 26.2 Å². The average molecular weight is 295 g/mol. The molecule has 2 fully saturated rings. The first-order valence-corrected chi connectivity index (χ1v) is 7.68. The van der Waals surface area contributed by atoms with Crippen LogP contribution in [-0.4, -0.2) is 31.1 Å². The number of likely N-dealkylation sites (tertiary alicyclic amines) is 1. The van der Waals surface area contributed by atoms with E-state index < -0.39 is 0 Å². The van der Waals surface area contributed by atoms with Gasteiger partial charge in [-0.15, -0.1) is 12.4 Å². The topological polar surface area (TPSA) is 15.3 Å². The van der Waals surface area contributed by atoms with Crippen LogP contribution in [0.25, 0.3) is 0 Å². The van der Waals surface area contributed by atoms with E-state index in [4.69, 9.17) is 0 Å². The predicted octanol–water partition coefficient (Wildman–Crippen LogP) is 3.55. The van der Waals surface area contributed by atoms with Crippen LogP contribution in [0.1, 0.15) is 43.4 Å². The van der Waals surface area contributed by atoms with Gasteiger partial charge in [-0.2, -0.15) is 0 Å². The molecule has 1 aromatic carbocycles. The van der Waals surface area contributed by atoms with Gasteiger partial charge in [0, 0.05) is 19.1 Å². The van der Waals surface area contributed by atoms with Crippen molar-refractivity contribution in [2.45, 2.75) is 39.2 Å². The highest BCUT2D eigenvalue weighted by atomic mass is 35.5. The van der Waals surface area contributed by atoms with Crippen LogP contribution < -0.4 is 5.32 Å². The quantitative estimate of drug-likeness (QED) is 0.917. The monoisotopic (exact) mass is 294 g/mol. The lowest BCUT2D eigenvalue weighted by Crippen LogP contribution is -2.37. The minimum Gasteiger partial charge on any atom is -0.316 e. The van der Waals surface area contributed by atoms with Gasteiger partial charge in [-0.05, 0) is 55.8 Å². The number of aryl methyl sites for hydroxylation is 1. The molecule has 2 unspecified atom stereocenters. The second kappa shape index (κ2) is 6.46. The molecular weight excluding hydrogens is 268 g/mol. The smallest absolute Gasteiger partial charge is 0.0351 e. The first-order valence-electron chi connectivity index (χ1n) is 7.68. The first kappa shape index (κ1) is 15.8. The van der Waals surface area contributed by atoms with E-state index in [0.29, 0.717) is 11.5 Å². The maximum absolute atomic E-state index is 3.53. The van der Waals surface area contributed by atoms with E-state index in [9.17, 15) is 0 Å². The molecule has 3 heteroatoms. The molecular formula is C17H27ClN2. The van der Waals surface area contributed by atoms with E-state index in [2.05, 4.69) is 48.3 Å². The summed E-state index contributed by atoms with van der Waals surface area (Å²) in [5.74, 6) is 0. The van der Waals surface area contributed by atoms with Crippen LogP contribution in [0, 0.1) is 12.3 Å². The molecule has 0 aliphatic carbocycles. The SMILES string of the molecule is Cc1ccccc1C1CCCN1CC1(C)CCNC1.Cl. The Kier molecular flexibility index (Phi) is 5.11. The van der Waals surface area contributed by atoms with Crippen molar-refractivity contribution in [1.82, 2.24) is 10.2 Å². The van der Waals surface area contributed by atoms with Crippen molar-refractivity contribution in [3.8, 4) is 0 Å². The molecule has 2 saturated heterocycles. The van der Waals surface area contributed by atoms with E-state index in [0.717, 1.165) is 0 Å². The molecule has 2 atom stereocenters. The summed E-state index contributed by atoms with van der Waals surface area (Å²) >= 11 is 0. The molecule has 2 aliphatic rings. The lowest BCUT2D eigenvalue weighted by molar-refractivity contribution is 0.165. The van der Waals surface area contributed by atoms with Gasteiger partial charge in [-0.25, -0.2) is 0 Å². The summed E-state index contributed by atoms with van der Waals surface area (Å²) in [6, 6.07) is 9.58. The second-order valence-corrected chi connectivity index (χ2v) is 6.72. The zero-order valence-corrected chi connectivity index (χ0v) is 13.5. The third-order valence-electron chi connectivity index (χ3n) is 4.95. The highest BCUT2D eigenvalue weighted by Crippen LogP contribution is 2.37. The standard InChI is InChI=1S/C17H26N2.ClH/c1-14-6-3-4-7-15(14)16-8-5-11-19(16)13-17(2)9-10-18-12-17;/h3-4,6-7,16,18H,5,8-13H2,1-2H3;1H. The minimum atomic E-state index is 0. The van der Waals surface area contributed by atoms with Crippen LogP contribution in [-0.2, 0) is 0 Å². The van der Waals surface area contributed by atoms with Gasteiger partial charge in [-0.1, -0.05) is 31.2 Å². The number of hydrogen-bond acceptors (Lipinski definition) is 2. The fourth-order valence-corrected chi connectivity index (χ4v) is 3.82. The molecule has 0 aromatic heterocycles. The Balaban J connectivity index is 0.00000147. The Labute approximate surface area is 129 Å². The Hall–Kier alpha value is -0.570. The van der Waals surface area contributed by atoms with Crippen molar-refractivity contribution in [1.29, 1.82) is 0 Å². The molecule has 20 heavy (non-hydrogen) atoms. The van der Waals surface area contributed by atoms with Crippen LogP contribution in [0.15, 0.2) is 24.3 Å². The average Bonchev–Trinajstić information content (AvgIpc) is 3.00. The number of nitrogens with one attached hydrogen (secondary N) is 1. The van der Waals surface area contributed by atoms with Crippen molar-refractivity contribution in [3.05, 3.63) is 35.4 Å². The third kappa shape index (κ3) is 3.19. The summed E-state index contributed by atoms with van der Waals surface area (Å²) in [7, 11) is 0. The summed E-state index contributed by atoms with van der Waals surface area (Å²) in [5.41, 5.74) is 3.48. The van der Waals surface area contributed by atoms with Gasteiger partial charge < -0.3 is 5.32 Å². The van der Waals surface area contributed by atoms with E-state index in [1.54, 1.807) is 5.56 Å². The number of hydrogen-bond donors (Lipinski definition) is 1. The van der Waals surface area contributed by atoms with Crippen molar-refractivity contribution >= 4 is 12.4 Å². The highest BCUT2D eigenvalue weighted by molar-refractivity contribution is 5.85. The summed E-state index contributed by atoms with van der Waals surface area (Å²) in [6.07, 6.45) is 4.00. The fraction of sp³-hybridized carbons (Fsp3) is 0.647. The number of rotatable bonds is 3. The molecule has 0 saturated carbocycles. The van der Waals surface area contributed by atoms with E-state index >= 15 is 0 Å². The molecule has 0 spiro atoms. The van der Waals surface area contributed by atoms with Crippen LogP contribution in [0.2, 0.25) is 0 Å². The molecule has 0 bridgehead atoms. The van der Waals surface area contributed by atoms with Gasteiger partial charge in [0.15, 0.2) is 0 Å². The Morgan fingerprint density at radius 3 is 2.85 bits per heavy atom. The summed E-state index contributed by atoms with van der Waals surface area (Å²) in [6.45, 7) is 9.60. The molecule has 2 nitrogen and oxygen atoms in total. The largest absolute Gasteiger partial charge is 0.316 e. The maximum atomic E-state index is 3.53. The lowest BCUT2D eigenvalue weighted by atomic mass is 9.88. The minimum absolute atomic E-state index is 0. The van der Waals surface area contributed by atoms with Crippen LogP contribution >= 0.6 is 12.4 Å². The number of nitrogens with zero attached hydrogens (tertiary/aromatic N) is 1. The zero-order valence-electron chi connectivity index (χ0n) is 12.7. The Morgan fingerprint density at radius 1 is 1.35 bits per heavy atom. The molecule has 112 valence electrons. The van der Waals surface area contributed by atoms with Gasteiger partial charge >= 0.3 is 0 Å². The van der Waals surface area contributed by atoms with E-state index in [1.165, 1.54) is 51.0 Å². The Morgan fingerprint density at radius 2 is 2.15 bits per heavy atom. The molecule has 2 heterocycles. The fourth-order valence-electron chi connectivity index (χ4n) is 3.82. The van der Waals surface area contributed by atoms with Crippen LogP contribution in [0.4, 0.5) is 0 Å². The Bertz CT molecular complexity index is 440. The van der Waals surface area contributed by atoms with Gasteiger partial charge in [0.2, 0.25) is 0 Å². The third-order valence-corrected chi connectivity index (χ3v) is 4.95. The number of halogens is 1. The molecule has 0 amide bonds. The van der Waals surface area contributed by atoms with Crippen LogP contribution in [0.3, 0.4) is 0 Å². The van der Waals surface area contributed by atoms with Crippen molar-refractivity contribution in [2.24, 2.45) is 5.41 Å². The highest BCUT2D eigenvalue weighted by Gasteiger charge is 2.35. The summed E-state index contributed by atoms with van der Waals surface area (Å²) in [4.78, 5) is 2.73. The van der Waals surface area contributed by atoms with Gasteiger partial charge in [0.25, 0.3) is 0 Å². The van der Waals surface area contributed by atoms with Crippen molar-refractivity contribution < 1.29 is 0 Å². The number of benzene rings is 1. The van der Waals surface area contributed by atoms with Gasteiger partial charge in [0.1, 0.15) is 0 Å². The molecule has 1 aromatic rings. The van der Waals surface area contributed by atoms with Gasteiger partial charge in [-0.3, -0.25) is 4.90 Å². The second-order valence-electron chi connectivity index (χ2n) is 6.72. The zero-order chi connectivity index (χ0) is 13.3. The summed E-state index contributed by atoms with van der Waals surface area (Å²) < 4.78 is 0. The molecule has 2 aliphatic heterocycles. The van der Waals surface area contributed by atoms with Crippen LogP contribution in [0.5, 0.6) is 0 Å². The normalized spacial score (nSPS) is 30.4. The van der Waals surface area contributed by atoms with E-state index in [-0.39, 0.29) is 12.4 Å². The predicted molar refractivity (Wildman–Crippen MR) is 87.6 cm³/mol.